The smallest absolute Gasteiger partial charge is 0.244 e. The summed E-state index contributed by atoms with van der Waals surface area (Å²) in [7, 11) is 0. The van der Waals surface area contributed by atoms with Crippen molar-refractivity contribution in [3.63, 3.8) is 0 Å². The lowest BCUT2D eigenvalue weighted by molar-refractivity contribution is 0.191. The minimum Gasteiger partial charge on any atom is -0.392 e. The number of nitrogens with one attached hydrogen (secondary N) is 1. The number of aliphatic hydroxyl groups is 1. The average molecular weight is 324 g/mol. The Hall–Kier alpha value is -1.24. The Bertz CT molecular complexity index is 599. The third-order valence-corrected chi connectivity index (χ3v) is 3.87. The van der Waals surface area contributed by atoms with E-state index in [4.69, 9.17) is 4.52 Å². The van der Waals surface area contributed by atoms with Gasteiger partial charge in [0.1, 0.15) is 0 Å². The van der Waals surface area contributed by atoms with Crippen LogP contribution < -0.4 is 5.32 Å². The second kappa shape index (κ2) is 5.03. The van der Waals surface area contributed by atoms with E-state index in [-0.39, 0.29) is 12.1 Å². The molecule has 1 fully saturated rings. The van der Waals surface area contributed by atoms with E-state index in [2.05, 4.69) is 31.4 Å². The Morgan fingerprint density at radius 2 is 2.32 bits per heavy atom. The first-order valence-electron chi connectivity index (χ1n) is 6.15. The Balaban J connectivity index is 1.88. The molecule has 0 amide bonds. The lowest BCUT2D eigenvalue weighted by Crippen LogP contribution is -2.15. The summed E-state index contributed by atoms with van der Waals surface area (Å²) >= 11 is 3.51. The molecule has 2 N–H and O–H groups in total. The summed E-state index contributed by atoms with van der Waals surface area (Å²) in [6.45, 7) is 2.59. The van der Waals surface area contributed by atoms with E-state index >= 15 is 0 Å². The fourth-order valence-corrected chi connectivity index (χ4v) is 2.86. The molecule has 3 rings (SSSR count). The maximum atomic E-state index is 9.50. The average Bonchev–Trinajstić information content (AvgIpc) is 2.97. The fraction of sp³-hybridized carbons (Fsp3) is 0.385. The summed E-state index contributed by atoms with van der Waals surface area (Å²) in [6.07, 6.45) is 0.267. The van der Waals surface area contributed by atoms with Gasteiger partial charge >= 0.3 is 0 Å². The van der Waals surface area contributed by atoms with Crippen molar-refractivity contribution in [1.29, 1.82) is 0 Å². The van der Waals surface area contributed by atoms with Gasteiger partial charge in [0.25, 0.3) is 0 Å². The summed E-state index contributed by atoms with van der Waals surface area (Å²) in [5.41, 5.74) is 2.07. The predicted molar refractivity (Wildman–Crippen MR) is 73.5 cm³/mol. The van der Waals surface area contributed by atoms with E-state index in [1.165, 1.54) is 5.56 Å². The molecule has 19 heavy (non-hydrogen) atoms. The van der Waals surface area contributed by atoms with Crippen LogP contribution >= 0.6 is 15.9 Å². The molecule has 1 aromatic carbocycles. The lowest BCUT2D eigenvalue weighted by Gasteiger charge is -2.02. The highest BCUT2D eigenvalue weighted by Gasteiger charge is 2.28. The third-order valence-electron chi connectivity index (χ3n) is 3.21. The minimum atomic E-state index is -0.341. The lowest BCUT2D eigenvalue weighted by atomic mass is 10.1. The summed E-state index contributed by atoms with van der Waals surface area (Å²) in [5, 5.41) is 16.7. The van der Waals surface area contributed by atoms with Gasteiger partial charge in [-0.15, -0.1) is 0 Å². The van der Waals surface area contributed by atoms with Gasteiger partial charge in [0, 0.05) is 16.6 Å². The molecule has 1 aromatic heterocycles. The Morgan fingerprint density at radius 3 is 3.00 bits per heavy atom. The van der Waals surface area contributed by atoms with Crippen LogP contribution in [0.2, 0.25) is 0 Å². The van der Waals surface area contributed by atoms with Crippen molar-refractivity contribution < 1.29 is 9.63 Å². The van der Waals surface area contributed by atoms with Crippen LogP contribution in [0.5, 0.6) is 0 Å². The minimum absolute atomic E-state index is 0.0551. The highest BCUT2D eigenvalue weighted by molar-refractivity contribution is 9.10. The van der Waals surface area contributed by atoms with Crippen molar-refractivity contribution in [3.05, 3.63) is 34.1 Å². The number of hydrogen-bond donors (Lipinski definition) is 2. The monoisotopic (exact) mass is 323 g/mol. The van der Waals surface area contributed by atoms with Gasteiger partial charge in [-0.2, -0.15) is 4.98 Å². The molecule has 0 aliphatic carbocycles. The van der Waals surface area contributed by atoms with Crippen LogP contribution in [0.25, 0.3) is 11.4 Å². The number of hydrogen-bond acceptors (Lipinski definition) is 5. The summed E-state index contributed by atoms with van der Waals surface area (Å²) in [6, 6.07) is 5.93. The molecule has 0 saturated carbocycles. The second-order valence-corrected chi connectivity index (χ2v) is 5.64. The number of aliphatic hydroxyl groups excluding tert-OH is 1. The van der Waals surface area contributed by atoms with Crippen LogP contribution in [0.4, 0.5) is 0 Å². The van der Waals surface area contributed by atoms with E-state index in [9.17, 15) is 5.11 Å². The Kier molecular flexibility index (Phi) is 3.38. The Morgan fingerprint density at radius 1 is 1.47 bits per heavy atom. The van der Waals surface area contributed by atoms with Gasteiger partial charge in [-0.05, 0) is 31.0 Å². The van der Waals surface area contributed by atoms with Crippen LogP contribution in [-0.4, -0.2) is 27.9 Å². The van der Waals surface area contributed by atoms with Gasteiger partial charge in [-0.1, -0.05) is 27.2 Å². The largest absolute Gasteiger partial charge is 0.392 e. The molecule has 0 unspecified atom stereocenters. The summed E-state index contributed by atoms with van der Waals surface area (Å²) in [4.78, 5) is 4.41. The normalized spacial score (nSPS) is 22.9. The van der Waals surface area contributed by atoms with Crippen molar-refractivity contribution in [2.75, 3.05) is 6.54 Å². The quantitative estimate of drug-likeness (QED) is 0.886. The van der Waals surface area contributed by atoms with Crippen molar-refractivity contribution in [1.82, 2.24) is 15.5 Å². The molecule has 0 radical (unpaired) electrons. The first kappa shape index (κ1) is 12.8. The number of nitrogens with zero attached hydrogens (tertiary/aromatic N) is 2. The predicted octanol–water partition coefficient (Wildman–Crippen LogP) is 2.20. The summed E-state index contributed by atoms with van der Waals surface area (Å²) < 4.78 is 6.22. The van der Waals surface area contributed by atoms with Gasteiger partial charge in [0.15, 0.2) is 0 Å². The molecule has 5 nitrogen and oxygen atoms in total. The number of benzene rings is 1. The molecule has 2 heterocycles. The van der Waals surface area contributed by atoms with Crippen molar-refractivity contribution in [2.24, 2.45) is 0 Å². The number of aryl methyl sites for hydroxylation is 1. The number of halogens is 1. The zero-order chi connectivity index (χ0) is 13.4. The molecule has 1 aliphatic heterocycles. The molecule has 6 heteroatoms. The maximum absolute atomic E-state index is 9.50. The summed E-state index contributed by atoms with van der Waals surface area (Å²) in [5.74, 6) is 1.09. The van der Waals surface area contributed by atoms with Crippen LogP contribution in [-0.2, 0) is 0 Å². The van der Waals surface area contributed by atoms with Crippen molar-refractivity contribution >= 4 is 15.9 Å². The molecule has 100 valence electrons. The molecule has 1 saturated heterocycles. The third kappa shape index (κ3) is 2.56. The standard InChI is InChI=1S/C13H14BrN3O2/c1-7-2-3-9(10(14)4-7)12-16-13(19-17-12)11-5-8(18)6-15-11/h2-4,8,11,15,18H,5-6H2,1H3/t8-,11+/m1/s1. The van der Waals surface area contributed by atoms with Gasteiger partial charge < -0.3 is 14.9 Å². The zero-order valence-corrected chi connectivity index (χ0v) is 12.0. The van der Waals surface area contributed by atoms with Gasteiger partial charge in [-0.25, -0.2) is 0 Å². The van der Waals surface area contributed by atoms with Crippen LogP contribution in [0.1, 0.15) is 23.9 Å². The SMILES string of the molecule is Cc1ccc(-c2noc([C@@H]3C[C@@H](O)CN3)n2)c(Br)c1. The first-order valence-corrected chi connectivity index (χ1v) is 6.94. The van der Waals surface area contributed by atoms with E-state index < -0.39 is 0 Å². The van der Waals surface area contributed by atoms with Crippen LogP contribution in [0, 0.1) is 6.92 Å². The molecule has 2 atom stereocenters. The van der Waals surface area contributed by atoms with Gasteiger partial charge in [0.2, 0.25) is 11.7 Å². The zero-order valence-electron chi connectivity index (χ0n) is 10.4. The molecular formula is C13H14BrN3O2. The molecule has 0 bridgehead atoms. The van der Waals surface area contributed by atoms with Crippen LogP contribution in [0.15, 0.2) is 27.2 Å². The number of β-amino-alcohol motifs (C(OH)–C–C–N with tert-alkyl or cyclic N) is 1. The molecular weight excluding hydrogens is 310 g/mol. The van der Waals surface area contributed by atoms with Gasteiger partial charge in [0.05, 0.1) is 12.1 Å². The van der Waals surface area contributed by atoms with Gasteiger partial charge in [-0.3, -0.25) is 0 Å². The van der Waals surface area contributed by atoms with E-state index in [0.717, 1.165) is 10.0 Å². The maximum Gasteiger partial charge on any atom is 0.244 e. The molecule has 0 spiro atoms. The number of aromatic nitrogens is 2. The highest BCUT2D eigenvalue weighted by Crippen LogP contribution is 2.29. The molecule has 1 aliphatic rings. The second-order valence-electron chi connectivity index (χ2n) is 4.79. The van der Waals surface area contributed by atoms with Crippen LogP contribution in [0.3, 0.4) is 0 Å². The Labute approximate surface area is 119 Å². The molecule has 2 aromatic rings. The fourth-order valence-electron chi connectivity index (χ4n) is 2.19. The van der Waals surface area contributed by atoms with Crippen molar-refractivity contribution in [2.45, 2.75) is 25.5 Å². The van der Waals surface area contributed by atoms with E-state index in [0.29, 0.717) is 24.7 Å². The topological polar surface area (TPSA) is 71.2 Å². The first-order chi connectivity index (χ1) is 9.13. The van der Waals surface area contributed by atoms with E-state index in [1.54, 1.807) is 0 Å². The highest BCUT2D eigenvalue weighted by atomic mass is 79.9. The van der Waals surface area contributed by atoms with E-state index in [1.807, 2.05) is 25.1 Å². The van der Waals surface area contributed by atoms with Crippen molar-refractivity contribution in [3.8, 4) is 11.4 Å². The number of rotatable bonds is 2.